The van der Waals surface area contributed by atoms with Crippen LogP contribution in [0.5, 0.6) is 0 Å². The van der Waals surface area contributed by atoms with Crippen LogP contribution in [0.3, 0.4) is 0 Å². The van der Waals surface area contributed by atoms with Crippen LogP contribution in [0, 0.1) is 17.8 Å². The molecule has 0 aromatic heterocycles. The average Bonchev–Trinajstić information content (AvgIpc) is 2.62. The Morgan fingerprint density at radius 2 is 1.89 bits per heavy atom. The molecule has 4 nitrogen and oxygen atoms in total. The molecule has 4 heteroatoms. The van der Waals surface area contributed by atoms with Crippen molar-refractivity contribution in [3.8, 4) is 0 Å². The van der Waals surface area contributed by atoms with E-state index in [2.05, 4.69) is 6.92 Å². The summed E-state index contributed by atoms with van der Waals surface area (Å²) in [6.45, 7) is 7.12. The van der Waals surface area contributed by atoms with Crippen molar-refractivity contribution in [2.45, 2.75) is 52.9 Å². The van der Waals surface area contributed by atoms with Crippen molar-refractivity contribution in [1.82, 2.24) is 4.90 Å². The first-order valence-corrected chi connectivity index (χ1v) is 7.49. The lowest BCUT2D eigenvalue weighted by atomic mass is 9.94. The lowest BCUT2D eigenvalue weighted by Gasteiger charge is -2.26. The van der Waals surface area contributed by atoms with Gasteiger partial charge in [0.1, 0.15) is 0 Å². The van der Waals surface area contributed by atoms with Gasteiger partial charge in [0.15, 0.2) is 0 Å². The van der Waals surface area contributed by atoms with Gasteiger partial charge in [0.05, 0.1) is 5.92 Å². The zero-order chi connectivity index (χ0) is 14.4. The fraction of sp³-hybridized carbons (Fsp3) is 0.867. The van der Waals surface area contributed by atoms with Crippen LogP contribution >= 0.6 is 0 Å². The van der Waals surface area contributed by atoms with Crippen LogP contribution in [-0.4, -0.2) is 35.0 Å². The molecule has 1 N–H and O–H groups in total. The van der Waals surface area contributed by atoms with E-state index in [0.29, 0.717) is 0 Å². The molecule has 110 valence electrons. The van der Waals surface area contributed by atoms with Crippen molar-refractivity contribution >= 4 is 11.9 Å². The summed E-state index contributed by atoms with van der Waals surface area (Å²) in [5, 5.41) is 9.00. The number of hydrogen-bond acceptors (Lipinski definition) is 2. The van der Waals surface area contributed by atoms with Gasteiger partial charge in [0.25, 0.3) is 0 Å². The van der Waals surface area contributed by atoms with Crippen molar-refractivity contribution in [1.29, 1.82) is 0 Å². The molecule has 0 spiro atoms. The Morgan fingerprint density at radius 3 is 2.47 bits per heavy atom. The van der Waals surface area contributed by atoms with E-state index >= 15 is 0 Å². The second-order valence-electron chi connectivity index (χ2n) is 5.83. The van der Waals surface area contributed by atoms with Crippen LogP contribution in [0.15, 0.2) is 0 Å². The van der Waals surface area contributed by atoms with Crippen molar-refractivity contribution in [2.75, 3.05) is 13.1 Å². The van der Waals surface area contributed by atoms with Gasteiger partial charge in [-0.15, -0.1) is 0 Å². The normalized spacial score (nSPS) is 23.5. The maximum Gasteiger partial charge on any atom is 0.307 e. The van der Waals surface area contributed by atoms with Crippen molar-refractivity contribution in [3.05, 3.63) is 0 Å². The SMILES string of the molecule is CCCC1CCCN(C(=O)C(C)C(C)C(=O)O)CC1. The first kappa shape index (κ1) is 16.0. The zero-order valence-corrected chi connectivity index (χ0v) is 12.4. The zero-order valence-electron chi connectivity index (χ0n) is 12.4. The number of carbonyl (C=O) groups is 2. The molecular weight excluding hydrogens is 242 g/mol. The molecule has 0 bridgehead atoms. The Kier molecular flexibility index (Phi) is 6.32. The van der Waals surface area contributed by atoms with Crippen LogP contribution in [0.4, 0.5) is 0 Å². The number of hydrogen-bond donors (Lipinski definition) is 1. The Labute approximate surface area is 116 Å². The van der Waals surface area contributed by atoms with Gasteiger partial charge in [-0.3, -0.25) is 9.59 Å². The minimum Gasteiger partial charge on any atom is -0.481 e. The molecule has 1 aliphatic rings. The second kappa shape index (κ2) is 7.51. The average molecular weight is 269 g/mol. The van der Waals surface area contributed by atoms with Gasteiger partial charge in [-0.2, -0.15) is 0 Å². The molecule has 3 unspecified atom stereocenters. The Morgan fingerprint density at radius 1 is 1.21 bits per heavy atom. The first-order chi connectivity index (χ1) is 8.97. The monoisotopic (exact) mass is 269 g/mol. The molecule has 1 rings (SSSR count). The molecule has 1 amide bonds. The highest BCUT2D eigenvalue weighted by Gasteiger charge is 2.30. The molecule has 0 aromatic carbocycles. The Hall–Kier alpha value is -1.06. The van der Waals surface area contributed by atoms with E-state index in [4.69, 9.17) is 5.11 Å². The number of rotatable bonds is 5. The Balaban J connectivity index is 2.55. The van der Waals surface area contributed by atoms with Crippen molar-refractivity contribution in [2.24, 2.45) is 17.8 Å². The topological polar surface area (TPSA) is 57.6 Å². The van der Waals surface area contributed by atoms with E-state index in [1.54, 1.807) is 13.8 Å². The van der Waals surface area contributed by atoms with Gasteiger partial charge in [0.2, 0.25) is 5.91 Å². The summed E-state index contributed by atoms with van der Waals surface area (Å²) in [5.74, 6) is -1.19. The largest absolute Gasteiger partial charge is 0.481 e. The number of likely N-dealkylation sites (tertiary alicyclic amines) is 1. The fourth-order valence-electron chi connectivity index (χ4n) is 2.80. The predicted octanol–water partition coefficient (Wildman–Crippen LogP) is 2.77. The number of nitrogens with zero attached hydrogens (tertiary/aromatic N) is 1. The summed E-state index contributed by atoms with van der Waals surface area (Å²) >= 11 is 0. The van der Waals surface area contributed by atoms with E-state index < -0.39 is 17.8 Å². The van der Waals surface area contributed by atoms with E-state index in [1.807, 2.05) is 4.90 Å². The molecule has 3 atom stereocenters. The number of aliphatic carboxylic acids is 1. The van der Waals surface area contributed by atoms with Crippen LogP contribution in [0.2, 0.25) is 0 Å². The standard InChI is InChI=1S/C15H27NO3/c1-4-6-13-7-5-9-16(10-8-13)14(17)11(2)12(3)15(18)19/h11-13H,4-10H2,1-3H3,(H,18,19). The van der Waals surface area contributed by atoms with E-state index in [0.717, 1.165) is 31.8 Å². The van der Waals surface area contributed by atoms with Crippen LogP contribution in [-0.2, 0) is 9.59 Å². The summed E-state index contributed by atoms with van der Waals surface area (Å²) in [5.41, 5.74) is 0. The van der Waals surface area contributed by atoms with Gasteiger partial charge in [0, 0.05) is 19.0 Å². The fourth-order valence-corrected chi connectivity index (χ4v) is 2.80. The molecule has 19 heavy (non-hydrogen) atoms. The lowest BCUT2D eigenvalue weighted by Crippen LogP contribution is -2.39. The highest BCUT2D eigenvalue weighted by Crippen LogP contribution is 2.24. The van der Waals surface area contributed by atoms with Gasteiger partial charge in [-0.1, -0.05) is 33.6 Å². The summed E-state index contributed by atoms with van der Waals surface area (Å²) < 4.78 is 0. The quantitative estimate of drug-likeness (QED) is 0.835. The smallest absolute Gasteiger partial charge is 0.307 e. The Bertz CT molecular complexity index is 317. The summed E-state index contributed by atoms with van der Waals surface area (Å²) in [4.78, 5) is 25.2. The maximum atomic E-state index is 12.3. The highest BCUT2D eigenvalue weighted by atomic mass is 16.4. The van der Waals surface area contributed by atoms with Crippen LogP contribution in [0.25, 0.3) is 0 Å². The maximum absolute atomic E-state index is 12.3. The lowest BCUT2D eigenvalue weighted by molar-refractivity contribution is -0.149. The van der Waals surface area contributed by atoms with Crippen LogP contribution in [0.1, 0.15) is 52.9 Å². The van der Waals surface area contributed by atoms with Gasteiger partial charge < -0.3 is 10.0 Å². The van der Waals surface area contributed by atoms with Crippen molar-refractivity contribution in [3.63, 3.8) is 0 Å². The summed E-state index contributed by atoms with van der Waals surface area (Å²) in [6, 6.07) is 0. The first-order valence-electron chi connectivity index (χ1n) is 7.49. The summed E-state index contributed by atoms with van der Waals surface area (Å²) in [6.07, 6.45) is 5.74. The molecule has 1 saturated heterocycles. The highest BCUT2D eigenvalue weighted by molar-refractivity contribution is 5.84. The second-order valence-corrected chi connectivity index (χ2v) is 5.83. The van der Waals surface area contributed by atoms with Gasteiger partial charge >= 0.3 is 5.97 Å². The third-order valence-corrected chi connectivity index (χ3v) is 4.39. The third kappa shape index (κ3) is 4.51. The predicted molar refractivity (Wildman–Crippen MR) is 74.8 cm³/mol. The molecule has 0 saturated carbocycles. The minimum absolute atomic E-state index is 0.00653. The van der Waals surface area contributed by atoms with Gasteiger partial charge in [-0.05, 0) is 25.2 Å². The number of amides is 1. The van der Waals surface area contributed by atoms with Crippen LogP contribution < -0.4 is 0 Å². The summed E-state index contributed by atoms with van der Waals surface area (Å²) in [7, 11) is 0. The molecule has 1 heterocycles. The third-order valence-electron chi connectivity index (χ3n) is 4.39. The minimum atomic E-state index is -0.889. The molecule has 0 aliphatic carbocycles. The van der Waals surface area contributed by atoms with Gasteiger partial charge in [-0.25, -0.2) is 0 Å². The molecular formula is C15H27NO3. The number of carboxylic acid groups (broad SMARTS) is 1. The number of carboxylic acids is 1. The molecule has 1 fully saturated rings. The number of carbonyl (C=O) groups excluding carboxylic acids is 1. The van der Waals surface area contributed by atoms with E-state index in [9.17, 15) is 9.59 Å². The molecule has 0 aromatic rings. The van der Waals surface area contributed by atoms with Crippen molar-refractivity contribution < 1.29 is 14.7 Å². The molecule has 0 radical (unpaired) electrons. The van der Waals surface area contributed by atoms with E-state index in [1.165, 1.54) is 19.3 Å². The molecule has 1 aliphatic heterocycles. The van der Waals surface area contributed by atoms with E-state index in [-0.39, 0.29) is 5.91 Å².